The number of methoxy groups -OCH3 is 4. The van der Waals surface area contributed by atoms with Gasteiger partial charge in [-0.15, -0.1) is 0 Å². The Morgan fingerprint density at radius 2 is 0.393 bits per heavy atom. The lowest BCUT2D eigenvalue weighted by atomic mass is 10.2. The topological polar surface area (TPSA) is 289 Å². The minimum absolute atomic E-state index is 0.0595. The van der Waals surface area contributed by atoms with Crippen LogP contribution in [0.15, 0.2) is 212 Å². The Hall–Kier alpha value is -11.6. The van der Waals surface area contributed by atoms with Crippen LogP contribution in [0.3, 0.4) is 0 Å². The minimum atomic E-state index is -0.249. The molecule has 0 bridgehead atoms. The van der Waals surface area contributed by atoms with Crippen LogP contribution >= 0.6 is 0 Å². The molecule has 0 aliphatic rings. The number of hydrogen-bond donors (Lipinski definition) is 0. The van der Waals surface area contributed by atoms with Gasteiger partial charge >= 0.3 is 65.7 Å². The Bertz CT molecular complexity index is 4550. The maximum absolute atomic E-state index is 12.1. The van der Waals surface area contributed by atoms with Crippen molar-refractivity contribution in [2.75, 3.05) is 241 Å². The molecule has 0 spiro atoms. The molecular weight excluding hydrogens is 1900 g/mol. The van der Waals surface area contributed by atoms with Crippen molar-refractivity contribution in [3.63, 3.8) is 0 Å². The zero-order valence-electron chi connectivity index (χ0n) is 98.4. The van der Waals surface area contributed by atoms with Crippen LogP contribution in [0.1, 0.15) is 270 Å². The Balaban J connectivity index is -0.000000804. The lowest BCUT2D eigenvalue weighted by molar-refractivity contribution is -0.929. The van der Waals surface area contributed by atoms with Gasteiger partial charge in [0.25, 0.3) is 0 Å². The lowest BCUT2D eigenvalue weighted by Crippen LogP contribution is -2.53. The van der Waals surface area contributed by atoms with Crippen LogP contribution in [0.2, 0.25) is 0 Å². The van der Waals surface area contributed by atoms with Gasteiger partial charge < -0.3 is 83.5 Å². The molecule has 0 aliphatic carbocycles. The van der Waals surface area contributed by atoms with Crippen molar-refractivity contribution in [1.29, 1.82) is 0 Å². The van der Waals surface area contributed by atoms with Gasteiger partial charge in [-0.3, -0.25) is 19.2 Å². The molecule has 7 rings (SSSR count). The number of carbonyl (C=O) groups excluding carboxylic acids is 11. The highest BCUT2D eigenvalue weighted by atomic mass is 16.6. The normalized spacial score (nSPS) is 11.7. The summed E-state index contributed by atoms with van der Waals surface area (Å²) in [6, 6.07) is 64.1. The van der Waals surface area contributed by atoms with Crippen LogP contribution in [0.4, 0.5) is 0 Å². The lowest BCUT2D eigenvalue weighted by Gasteiger charge is -2.39. The van der Waals surface area contributed by atoms with E-state index in [0.29, 0.717) is 65.4 Å². The highest BCUT2D eigenvalue weighted by Crippen LogP contribution is 2.19. The fourth-order valence-electron chi connectivity index (χ4n) is 15.9. The second-order valence-electron chi connectivity index (χ2n) is 38.8. The maximum Gasteiger partial charge on any atom is 0.338 e. The van der Waals surface area contributed by atoms with Crippen molar-refractivity contribution in [2.24, 2.45) is 0 Å². The van der Waals surface area contributed by atoms with Gasteiger partial charge in [0, 0.05) is 27.7 Å². The number of rotatable bonds is 50. The predicted molar refractivity (Wildman–Crippen MR) is 603 cm³/mol. The summed E-state index contributed by atoms with van der Waals surface area (Å²) in [5, 5.41) is 0. The second-order valence-corrected chi connectivity index (χ2v) is 38.8. The molecule has 0 amide bonds. The van der Waals surface area contributed by atoms with Gasteiger partial charge in [0.2, 0.25) is 0 Å². The molecule has 0 saturated carbocycles. The standard InChI is InChI=1S/2C18H30NO2.C17H28NO2.C16H26NO2.C15H24NO2.C13H20NO2.C12H18NO2.4C3H6O2/c1-5-13-19(7-3,14-6-2)15-16(4)21-18(20)17-11-9-8-10-12-17;1-4-7-14-19(6-3,13-5-2)15-16-21-18(20)17-11-9-8-10-12-17;1-4-12-18(6-3,13-5-2)14-15-20-17(19)16-10-8-7-9-11-16;1-5-17(6-2,7-3)13-14(4)19-16(18)15-11-9-8-10-12-15;1-4-16(5-2,6-3)12-13-18-15(17)14-10-8-7-9-11-14;1-11(10-14(2,3)4)16-13(15)12-8-6-5-7-9-12;1-13(2,3)9-10-15-12(14)11-7-5-4-6-8-11;4*1-3(4)5-2/h8-12,16H,5-7,13-15H2,1-4H3;8-12H,4-7,13-16H2,1-3H3;7-11H,4-6,12-15H2,1-3H3;8-12,14H,5-7,13H2,1-4H3;7-11H,4-6,12-13H2,1-3H3;5-9,11H,10H2,1-4H3;4-8H,9-10H2,1-3H3;4*1-2H3/q7*+1;;;;. The van der Waals surface area contributed by atoms with Gasteiger partial charge in [-0.1, -0.05) is 175 Å². The van der Waals surface area contributed by atoms with Gasteiger partial charge in [-0.05, 0) is 207 Å². The molecule has 0 fully saturated rings. The average Bonchev–Trinajstić information content (AvgIpc) is 0.849. The number of hydrogen-bond acceptors (Lipinski definition) is 22. The van der Waals surface area contributed by atoms with Crippen LogP contribution in [-0.4, -0.2) is 356 Å². The molecule has 0 radical (unpaired) electrons. The SMILES string of the molecule is CC(C[N+](C)(C)C)OC(=O)c1ccccc1.CCCC[N+](CC)(CCC)CCOC(=O)c1ccccc1.CCC[N+](CC)(CCC)CC(C)OC(=O)c1ccccc1.CCC[N+](CC)(CCC)CCOC(=O)c1ccccc1.CC[N+](CC)(CC)CC(C)OC(=O)c1ccccc1.CC[N+](CC)(CC)CCOC(=O)c1ccccc1.COC(C)=O.COC(C)=O.COC(C)=O.COC(C)=O.C[N+](C)(C)CCOC(=O)c1ccccc1. The first kappa shape index (κ1) is 145. The van der Waals surface area contributed by atoms with Crippen LogP contribution in [0.25, 0.3) is 0 Å². The molecule has 0 saturated heterocycles. The minimum Gasteiger partial charge on any atom is -0.469 e. The summed E-state index contributed by atoms with van der Waals surface area (Å²) in [5.41, 5.74) is 4.36. The molecule has 0 aliphatic heterocycles. The molecule has 150 heavy (non-hydrogen) atoms. The first-order valence-electron chi connectivity index (χ1n) is 53.8. The van der Waals surface area contributed by atoms with E-state index in [2.05, 4.69) is 165 Å². The van der Waals surface area contributed by atoms with E-state index in [-0.39, 0.29) is 84.0 Å². The van der Waals surface area contributed by atoms with Crippen molar-refractivity contribution in [3.8, 4) is 0 Å². The van der Waals surface area contributed by atoms with E-state index in [4.69, 9.17) is 33.2 Å². The summed E-state index contributed by atoms with van der Waals surface area (Å²) in [7, 11) is 17.8. The number of carbonyl (C=O) groups is 11. The number of benzene rings is 7. The molecule has 29 nitrogen and oxygen atoms in total. The van der Waals surface area contributed by atoms with Gasteiger partial charge in [-0.2, -0.15) is 0 Å². The molecule has 4 atom stereocenters. The number of esters is 11. The molecular formula is C121H200N7O22+7. The molecule has 7 aromatic rings. The molecule has 844 valence electrons. The van der Waals surface area contributed by atoms with Crippen molar-refractivity contribution in [2.45, 2.75) is 216 Å². The molecule has 0 N–H and O–H groups in total. The molecule has 0 aromatic heterocycles. The molecule has 4 unspecified atom stereocenters. The summed E-state index contributed by atoms with van der Waals surface area (Å²) in [5.74, 6) is -2.57. The van der Waals surface area contributed by atoms with Crippen LogP contribution < -0.4 is 0 Å². The van der Waals surface area contributed by atoms with Crippen molar-refractivity contribution < 1.29 is 136 Å². The number of nitrogens with zero attached hydrogens (tertiary/aromatic N) is 7. The number of likely N-dealkylation sites (N-methyl/N-ethyl adjacent to an activating group) is 7. The Morgan fingerprint density at radius 1 is 0.213 bits per heavy atom. The maximum atomic E-state index is 12.1. The molecule has 0 heterocycles. The van der Waals surface area contributed by atoms with Gasteiger partial charge in [-0.25, -0.2) is 33.6 Å². The first-order chi connectivity index (χ1) is 71.1. The Kier molecular flexibility index (Phi) is 83.0. The highest BCUT2D eigenvalue weighted by molar-refractivity contribution is 5.92. The summed E-state index contributed by atoms with van der Waals surface area (Å²) in [6.07, 6.45) is 8.08. The Labute approximate surface area is 904 Å². The number of ether oxygens (including phenoxy) is 11. The van der Waals surface area contributed by atoms with Crippen molar-refractivity contribution in [1.82, 2.24) is 0 Å². The molecule has 29 heteroatoms. The van der Waals surface area contributed by atoms with Gasteiger partial charge in [0.15, 0.2) is 0 Å². The smallest absolute Gasteiger partial charge is 0.338 e. The van der Waals surface area contributed by atoms with Gasteiger partial charge in [0.05, 0.1) is 208 Å². The zero-order chi connectivity index (χ0) is 114. The second kappa shape index (κ2) is 86.0. The third-order valence-corrected chi connectivity index (χ3v) is 25.1. The van der Waals surface area contributed by atoms with Gasteiger partial charge in [0.1, 0.15) is 90.6 Å². The summed E-state index contributed by atoms with van der Waals surface area (Å²) in [6.45, 7) is 69.3. The fraction of sp³-hybridized carbons (Fsp3) is 0.562. The number of quaternary nitrogens is 7. The van der Waals surface area contributed by atoms with E-state index >= 15 is 0 Å². The fourth-order valence-corrected chi connectivity index (χ4v) is 15.9. The van der Waals surface area contributed by atoms with Crippen LogP contribution in [0, 0.1) is 0 Å². The Morgan fingerprint density at radius 3 is 0.580 bits per heavy atom. The van der Waals surface area contributed by atoms with E-state index in [1.807, 2.05) is 148 Å². The third kappa shape index (κ3) is 71.2. The largest absolute Gasteiger partial charge is 0.469 e. The van der Waals surface area contributed by atoms with E-state index in [1.54, 1.807) is 84.9 Å². The summed E-state index contributed by atoms with van der Waals surface area (Å²) >= 11 is 0. The van der Waals surface area contributed by atoms with E-state index in [0.717, 1.165) is 175 Å². The van der Waals surface area contributed by atoms with E-state index < -0.39 is 0 Å². The zero-order valence-corrected chi connectivity index (χ0v) is 98.4. The first-order valence-corrected chi connectivity index (χ1v) is 53.8. The third-order valence-electron chi connectivity index (χ3n) is 25.1. The van der Waals surface area contributed by atoms with Crippen molar-refractivity contribution >= 4 is 65.7 Å². The molecule has 7 aromatic carbocycles. The number of unbranched alkanes of at least 4 members (excludes halogenated alkanes) is 1. The van der Waals surface area contributed by atoms with Crippen molar-refractivity contribution in [3.05, 3.63) is 251 Å². The van der Waals surface area contributed by atoms with E-state index in [1.165, 1.54) is 101 Å². The average molecular weight is 2100 g/mol. The summed E-state index contributed by atoms with van der Waals surface area (Å²) < 4.78 is 61.1. The highest BCUT2D eigenvalue weighted by Gasteiger charge is 2.32. The quantitative estimate of drug-likeness (QED) is 0.0194. The van der Waals surface area contributed by atoms with E-state index in [9.17, 15) is 52.7 Å². The van der Waals surface area contributed by atoms with Crippen LogP contribution in [0.5, 0.6) is 0 Å². The summed E-state index contributed by atoms with van der Waals surface area (Å²) in [4.78, 5) is 121. The predicted octanol–water partition coefficient (Wildman–Crippen LogP) is 21.3. The monoisotopic (exact) mass is 2100 g/mol. The van der Waals surface area contributed by atoms with Crippen LogP contribution in [-0.2, 0) is 71.3 Å².